The number of rotatable bonds is 5. The number of aromatic nitrogens is 3. The second kappa shape index (κ2) is 8.86. The van der Waals surface area contributed by atoms with Gasteiger partial charge in [0.2, 0.25) is 11.8 Å². The number of fused-ring (bicyclic) bond motifs is 1. The summed E-state index contributed by atoms with van der Waals surface area (Å²) in [5.74, 6) is 1.73. The Morgan fingerprint density at radius 1 is 1.06 bits per heavy atom. The number of H-pyrrole nitrogens is 1. The number of piperazine rings is 1. The van der Waals surface area contributed by atoms with Crippen LogP contribution in [0.15, 0.2) is 30.3 Å². The molecule has 168 valence electrons. The lowest BCUT2D eigenvalue weighted by Crippen LogP contribution is -2.50. The first-order valence-electron chi connectivity index (χ1n) is 10.8. The molecule has 1 saturated heterocycles. The van der Waals surface area contributed by atoms with Gasteiger partial charge in [0.1, 0.15) is 5.82 Å². The summed E-state index contributed by atoms with van der Waals surface area (Å²) in [6.45, 7) is 9.55. The van der Waals surface area contributed by atoms with Crippen molar-refractivity contribution in [2.75, 3.05) is 31.5 Å². The summed E-state index contributed by atoms with van der Waals surface area (Å²) in [7, 11) is 0. The summed E-state index contributed by atoms with van der Waals surface area (Å²) >= 11 is 0. The first-order valence-corrected chi connectivity index (χ1v) is 10.8. The number of amides is 2. The maximum atomic E-state index is 13.1. The van der Waals surface area contributed by atoms with Crippen LogP contribution in [-0.2, 0) is 4.79 Å². The molecule has 0 radical (unpaired) electrons. The average Bonchev–Trinajstić information content (AvgIpc) is 3.17. The number of anilines is 2. The molecule has 1 aliphatic rings. The monoisotopic (exact) mass is 436 g/mol. The predicted octanol–water partition coefficient (Wildman–Crippen LogP) is 3.10. The second-order valence-electron chi connectivity index (χ2n) is 8.27. The molecule has 3 heterocycles. The van der Waals surface area contributed by atoms with E-state index in [2.05, 4.69) is 20.5 Å². The van der Waals surface area contributed by atoms with Gasteiger partial charge in [-0.15, -0.1) is 0 Å². The van der Waals surface area contributed by atoms with Crippen LogP contribution in [0.4, 0.5) is 11.6 Å². The molecule has 0 saturated carbocycles. The largest absolute Gasteiger partial charge is 0.474 e. The number of hydrogen-bond donors (Lipinski definition) is 2. The third kappa shape index (κ3) is 4.66. The first-order chi connectivity index (χ1) is 15.3. The van der Waals surface area contributed by atoms with E-state index in [0.29, 0.717) is 49.3 Å². The molecular weight excluding hydrogens is 408 g/mol. The molecule has 3 aromatic rings. The van der Waals surface area contributed by atoms with Crippen LogP contribution in [0, 0.1) is 6.92 Å². The number of carbonyl (C=O) groups excluding carboxylic acids is 2. The molecule has 2 aromatic heterocycles. The van der Waals surface area contributed by atoms with Gasteiger partial charge in [-0.3, -0.25) is 14.7 Å². The van der Waals surface area contributed by atoms with Crippen molar-refractivity contribution < 1.29 is 14.3 Å². The number of hydrogen-bond acceptors (Lipinski definition) is 6. The molecular formula is C23H28N6O3. The molecule has 9 heteroatoms. The minimum atomic E-state index is -0.0486. The first kappa shape index (κ1) is 21.6. The van der Waals surface area contributed by atoms with E-state index in [9.17, 15) is 9.59 Å². The van der Waals surface area contributed by atoms with E-state index in [1.807, 2.05) is 45.0 Å². The maximum Gasteiger partial charge on any atom is 0.253 e. The van der Waals surface area contributed by atoms with Crippen LogP contribution in [0.1, 0.15) is 36.8 Å². The van der Waals surface area contributed by atoms with Gasteiger partial charge >= 0.3 is 0 Å². The number of nitrogens with one attached hydrogen (secondary N) is 2. The van der Waals surface area contributed by atoms with Crippen LogP contribution in [-0.4, -0.2) is 69.1 Å². The highest BCUT2D eigenvalue weighted by molar-refractivity contribution is 6.00. The van der Waals surface area contributed by atoms with Gasteiger partial charge in [-0.1, -0.05) is 0 Å². The average molecular weight is 437 g/mol. The van der Waals surface area contributed by atoms with Gasteiger partial charge in [-0.25, -0.2) is 0 Å². The minimum Gasteiger partial charge on any atom is -0.474 e. The van der Waals surface area contributed by atoms with Crippen molar-refractivity contribution in [1.29, 1.82) is 0 Å². The molecule has 4 rings (SSSR count). The maximum absolute atomic E-state index is 13.1. The predicted molar refractivity (Wildman–Crippen MR) is 122 cm³/mol. The quantitative estimate of drug-likeness (QED) is 0.637. The zero-order valence-electron chi connectivity index (χ0n) is 18.8. The molecule has 32 heavy (non-hydrogen) atoms. The van der Waals surface area contributed by atoms with E-state index in [4.69, 9.17) is 4.74 Å². The Kier molecular flexibility index (Phi) is 5.98. The van der Waals surface area contributed by atoms with Gasteiger partial charge in [0, 0.05) is 55.8 Å². The zero-order chi connectivity index (χ0) is 22.8. The van der Waals surface area contributed by atoms with Crippen LogP contribution < -0.4 is 10.1 Å². The molecule has 0 bridgehead atoms. The van der Waals surface area contributed by atoms with Gasteiger partial charge in [-0.05, 0) is 50.4 Å². The summed E-state index contributed by atoms with van der Waals surface area (Å²) in [5.41, 5.74) is 1.53. The molecule has 0 atom stereocenters. The Hall–Kier alpha value is -3.62. The van der Waals surface area contributed by atoms with Crippen molar-refractivity contribution in [2.24, 2.45) is 0 Å². The van der Waals surface area contributed by atoms with Crippen molar-refractivity contribution in [3.63, 3.8) is 0 Å². The van der Waals surface area contributed by atoms with Gasteiger partial charge < -0.3 is 19.9 Å². The highest BCUT2D eigenvalue weighted by Crippen LogP contribution is 2.30. The number of aryl methyl sites for hydroxylation is 1. The summed E-state index contributed by atoms with van der Waals surface area (Å²) in [6, 6.07) is 9.32. The summed E-state index contributed by atoms with van der Waals surface area (Å²) in [6.07, 6.45) is -0.0486. The van der Waals surface area contributed by atoms with E-state index >= 15 is 0 Å². The van der Waals surface area contributed by atoms with Crippen molar-refractivity contribution in [1.82, 2.24) is 25.0 Å². The molecule has 2 N–H and O–H groups in total. The summed E-state index contributed by atoms with van der Waals surface area (Å²) < 4.78 is 5.95. The molecule has 1 fully saturated rings. The van der Waals surface area contributed by atoms with Gasteiger partial charge in [0.25, 0.3) is 5.91 Å². The highest BCUT2D eigenvalue weighted by atomic mass is 16.5. The van der Waals surface area contributed by atoms with Crippen LogP contribution in [0.5, 0.6) is 5.88 Å². The number of aromatic amines is 1. The van der Waals surface area contributed by atoms with E-state index in [1.54, 1.807) is 22.8 Å². The fourth-order valence-corrected chi connectivity index (χ4v) is 3.76. The molecule has 0 spiro atoms. The number of nitrogens with zero attached hydrogens (tertiary/aromatic N) is 4. The fraction of sp³-hybridized carbons (Fsp3) is 0.391. The number of ether oxygens (including phenoxy) is 1. The van der Waals surface area contributed by atoms with Crippen LogP contribution in [0.3, 0.4) is 0 Å². The molecule has 1 aromatic carbocycles. The van der Waals surface area contributed by atoms with E-state index < -0.39 is 0 Å². The smallest absolute Gasteiger partial charge is 0.253 e. The lowest BCUT2D eigenvalue weighted by molar-refractivity contribution is -0.130. The standard InChI is InChI=1S/C23H28N6O3/c1-14(2)32-22-19-6-5-17(23(31)29-9-7-28(8-10-29)16(4)30)12-18(19)13-20(25-22)24-21-11-15(3)26-27-21/h5-6,11-14H,7-10H2,1-4H3,(H2,24,25,26,27). The Morgan fingerprint density at radius 3 is 2.41 bits per heavy atom. The topological polar surface area (TPSA) is 103 Å². The summed E-state index contributed by atoms with van der Waals surface area (Å²) in [5, 5.41) is 12.0. The van der Waals surface area contributed by atoms with E-state index in [0.717, 1.165) is 16.5 Å². The molecule has 0 aliphatic carbocycles. The van der Waals surface area contributed by atoms with Crippen LogP contribution in [0.2, 0.25) is 0 Å². The Morgan fingerprint density at radius 2 is 1.78 bits per heavy atom. The molecule has 2 amide bonds. The van der Waals surface area contributed by atoms with Gasteiger partial charge in [0.15, 0.2) is 5.82 Å². The van der Waals surface area contributed by atoms with Crippen molar-refractivity contribution in [2.45, 2.75) is 33.8 Å². The second-order valence-corrected chi connectivity index (χ2v) is 8.27. The van der Waals surface area contributed by atoms with E-state index in [-0.39, 0.29) is 17.9 Å². The minimum absolute atomic E-state index is 0.0418. The lowest BCUT2D eigenvalue weighted by Gasteiger charge is -2.34. The van der Waals surface area contributed by atoms with Crippen LogP contribution in [0.25, 0.3) is 10.8 Å². The SMILES string of the molecule is CC(=O)N1CCN(C(=O)c2ccc3c(OC(C)C)nc(Nc4cc(C)[nH]n4)cc3c2)CC1. The third-order valence-corrected chi connectivity index (χ3v) is 5.36. The Labute approximate surface area is 186 Å². The van der Waals surface area contributed by atoms with Gasteiger partial charge in [-0.2, -0.15) is 10.1 Å². The molecule has 9 nitrogen and oxygen atoms in total. The highest BCUT2D eigenvalue weighted by Gasteiger charge is 2.23. The zero-order valence-corrected chi connectivity index (χ0v) is 18.8. The number of pyridine rings is 1. The lowest BCUT2D eigenvalue weighted by atomic mass is 10.1. The Balaban J connectivity index is 1.64. The van der Waals surface area contributed by atoms with E-state index in [1.165, 1.54) is 0 Å². The van der Waals surface area contributed by atoms with Crippen LogP contribution >= 0.6 is 0 Å². The third-order valence-electron chi connectivity index (χ3n) is 5.36. The molecule has 1 aliphatic heterocycles. The Bertz CT molecular complexity index is 1150. The summed E-state index contributed by atoms with van der Waals surface area (Å²) in [4.78, 5) is 32.8. The fourth-order valence-electron chi connectivity index (χ4n) is 3.76. The van der Waals surface area contributed by atoms with Crippen molar-refractivity contribution in [3.8, 4) is 5.88 Å². The van der Waals surface area contributed by atoms with Crippen molar-refractivity contribution in [3.05, 3.63) is 41.6 Å². The van der Waals surface area contributed by atoms with Crippen molar-refractivity contribution >= 4 is 34.2 Å². The number of benzene rings is 1. The van der Waals surface area contributed by atoms with Gasteiger partial charge in [0.05, 0.1) is 6.10 Å². The number of carbonyl (C=O) groups is 2. The molecule has 0 unspecified atom stereocenters. The normalized spacial score (nSPS) is 14.2.